The van der Waals surface area contributed by atoms with E-state index < -0.39 is 0 Å². The van der Waals surface area contributed by atoms with Crippen molar-refractivity contribution in [3.63, 3.8) is 0 Å². The van der Waals surface area contributed by atoms with Crippen molar-refractivity contribution in [2.75, 3.05) is 11.4 Å². The van der Waals surface area contributed by atoms with Crippen molar-refractivity contribution >= 4 is 12.0 Å². The lowest BCUT2D eigenvalue weighted by atomic mass is 9.96. The molecular formula is C14H17NO. The number of carbonyl (C=O) groups is 1. The number of fused-ring (bicyclic) bond motifs is 3. The molecule has 1 aliphatic heterocycles. The summed E-state index contributed by atoms with van der Waals surface area (Å²) in [4.78, 5) is 13.4. The first-order valence-electron chi connectivity index (χ1n) is 6.21. The van der Waals surface area contributed by atoms with E-state index in [1.54, 1.807) is 0 Å². The van der Waals surface area contributed by atoms with Crippen molar-refractivity contribution in [1.29, 1.82) is 0 Å². The largest absolute Gasteiger partial charge is 0.368 e. The SMILES string of the molecule is CCN1c2ccc(C=O)cc2C2CCCC21. The van der Waals surface area contributed by atoms with Crippen LogP contribution in [0.2, 0.25) is 0 Å². The zero-order valence-corrected chi connectivity index (χ0v) is 9.65. The Bertz CT molecular complexity index is 427. The summed E-state index contributed by atoms with van der Waals surface area (Å²) in [6.07, 6.45) is 4.88. The molecule has 0 saturated heterocycles. The first-order valence-corrected chi connectivity index (χ1v) is 6.21. The maximum Gasteiger partial charge on any atom is 0.150 e. The van der Waals surface area contributed by atoms with E-state index in [1.807, 2.05) is 6.07 Å². The molecule has 2 aliphatic rings. The number of aldehydes is 1. The van der Waals surface area contributed by atoms with E-state index in [9.17, 15) is 4.79 Å². The molecule has 1 aliphatic carbocycles. The van der Waals surface area contributed by atoms with Crippen LogP contribution in [0.5, 0.6) is 0 Å². The Kier molecular flexibility index (Phi) is 2.23. The molecular weight excluding hydrogens is 198 g/mol. The fourth-order valence-electron chi connectivity index (χ4n) is 3.46. The van der Waals surface area contributed by atoms with E-state index in [0.29, 0.717) is 12.0 Å². The smallest absolute Gasteiger partial charge is 0.150 e. The molecule has 1 fully saturated rings. The van der Waals surface area contributed by atoms with Crippen LogP contribution in [-0.2, 0) is 0 Å². The number of likely N-dealkylation sites (N-methyl/N-ethyl adjacent to an activating group) is 1. The Morgan fingerprint density at radius 2 is 2.31 bits per heavy atom. The van der Waals surface area contributed by atoms with E-state index in [1.165, 1.54) is 30.5 Å². The van der Waals surface area contributed by atoms with Crippen LogP contribution in [0.15, 0.2) is 18.2 Å². The fourth-order valence-corrected chi connectivity index (χ4v) is 3.46. The van der Waals surface area contributed by atoms with E-state index in [2.05, 4.69) is 24.0 Å². The third-order valence-corrected chi connectivity index (χ3v) is 4.12. The van der Waals surface area contributed by atoms with Gasteiger partial charge in [-0.25, -0.2) is 0 Å². The molecule has 1 aromatic rings. The quantitative estimate of drug-likeness (QED) is 0.707. The van der Waals surface area contributed by atoms with Crippen molar-refractivity contribution < 1.29 is 4.79 Å². The van der Waals surface area contributed by atoms with Crippen LogP contribution in [-0.4, -0.2) is 18.9 Å². The van der Waals surface area contributed by atoms with Crippen LogP contribution in [0.3, 0.4) is 0 Å². The third-order valence-electron chi connectivity index (χ3n) is 4.12. The van der Waals surface area contributed by atoms with Gasteiger partial charge in [-0.05, 0) is 43.5 Å². The highest BCUT2D eigenvalue weighted by Crippen LogP contribution is 2.49. The molecule has 0 amide bonds. The van der Waals surface area contributed by atoms with Crippen molar-refractivity contribution in [2.24, 2.45) is 0 Å². The summed E-state index contributed by atoms with van der Waals surface area (Å²) in [5.41, 5.74) is 3.60. The molecule has 0 N–H and O–H groups in total. The van der Waals surface area contributed by atoms with Crippen LogP contribution < -0.4 is 4.90 Å². The number of rotatable bonds is 2. The summed E-state index contributed by atoms with van der Waals surface area (Å²) in [7, 11) is 0. The van der Waals surface area contributed by atoms with Gasteiger partial charge in [-0.1, -0.05) is 6.42 Å². The predicted molar refractivity (Wildman–Crippen MR) is 65.2 cm³/mol. The highest BCUT2D eigenvalue weighted by atomic mass is 16.1. The van der Waals surface area contributed by atoms with Crippen molar-refractivity contribution in [3.8, 4) is 0 Å². The van der Waals surface area contributed by atoms with Crippen molar-refractivity contribution in [2.45, 2.75) is 38.1 Å². The lowest BCUT2D eigenvalue weighted by Gasteiger charge is -2.25. The molecule has 1 saturated carbocycles. The average Bonchev–Trinajstić information content (AvgIpc) is 2.88. The molecule has 3 rings (SSSR count). The number of hydrogen-bond acceptors (Lipinski definition) is 2. The zero-order valence-electron chi connectivity index (χ0n) is 9.65. The van der Waals surface area contributed by atoms with Crippen LogP contribution in [0.1, 0.15) is 48.0 Å². The second-order valence-corrected chi connectivity index (χ2v) is 4.83. The average molecular weight is 215 g/mol. The van der Waals surface area contributed by atoms with Crippen LogP contribution in [0.25, 0.3) is 0 Å². The number of benzene rings is 1. The maximum absolute atomic E-state index is 10.8. The van der Waals surface area contributed by atoms with Crippen LogP contribution >= 0.6 is 0 Å². The number of hydrogen-bond donors (Lipinski definition) is 0. The van der Waals surface area contributed by atoms with Crippen LogP contribution in [0.4, 0.5) is 5.69 Å². The van der Waals surface area contributed by atoms with Gasteiger partial charge in [-0.3, -0.25) is 4.79 Å². The molecule has 2 nitrogen and oxygen atoms in total. The van der Waals surface area contributed by atoms with Crippen LogP contribution in [0, 0.1) is 0 Å². The molecule has 2 heteroatoms. The zero-order chi connectivity index (χ0) is 11.1. The van der Waals surface area contributed by atoms with Gasteiger partial charge in [0, 0.05) is 29.8 Å². The fraction of sp³-hybridized carbons (Fsp3) is 0.500. The first-order chi connectivity index (χ1) is 7.85. The van der Waals surface area contributed by atoms with Gasteiger partial charge in [0.25, 0.3) is 0 Å². The number of carbonyl (C=O) groups excluding carboxylic acids is 1. The van der Waals surface area contributed by atoms with E-state index in [-0.39, 0.29) is 0 Å². The highest BCUT2D eigenvalue weighted by molar-refractivity contribution is 5.78. The lowest BCUT2D eigenvalue weighted by Crippen LogP contribution is -2.30. The second kappa shape index (κ2) is 3.62. The lowest BCUT2D eigenvalue weighted by molar-refractivity contribution is 0.112. The van der Waals surface area contributed by atoms with E-state index in [0.717, 1.165) is 18.4 Å². The summed E-state index contributed by atoms with van der Waals surface area (Å²) < 4.78 is 0. The summed E-state index contributed by atoms with van der Waals surface area (Å²) >= 11 is 0. The third kappa shape index (κ3) is 1.22. The minimum atomic E-state index is 0.676. The Morgan fingerprint density at radius 3 is 3.06 bits per heavy atom. The van der Waals surface area contributed by atoms with Crippen molar-refractivity contribution in [3.05, 3.63) is 29.3 Å². The van der Waals surface area contributed by atoms with Gasteiger partial charge in [-0.15, -0.1) is 0 Å². The Balaban J connectivity index is 2.10. The van der Waals surface area contributed by atoms with Crippen molar-refractivity contribution in [1.82, 2.24) is 0 Å². The monoisotopic (exact) mass is 215 g/mol. The minimum absolute atomic E-state index is 0.676. The summed E-state index contributed by atoms with van der Waals surface area (Å²) in [6, 6.07) is 6.86. The topological polar surface area (TPSA) is 20.3 Å². The summed E-state index contributed by atoms with van der Waals surface area (Å²) in [5.74, 6) is 0.676. The molecule has 0 radical (unpaired) electrons. The number of anilines is 1. The summed E-state index contributed by atoms with van der Waals surface area (Å²) in [6.45, 7) is 3.30. The number of nitrogens with zero attached hydrogens (tertiary/aromatic N) is 1. The normalized spacial score (nSPS) is 26.7. The van der Waals surface area contributed by atoms with Gasteiger partial charge in [0.05, 0.1) is 0 Å². The van der Waals surface area contributed by atoms with Gasteiger partial charge in [0.15, 0.2) is 0 Å². The molecule has 1 aromatic carbocycles. The standard InChI is InChI=1S/C14H17NO/c1-2-15-13-5-3-4-11(13)12-8-10(9-16)6-7-14(12)15/h6-9,11,13H,2-5H2,1H3. The summed E-state index contributed by atoms with van der Waals surface area (Å²) in [5, 5.41) is 0. The molecule has 0 aromatic heterocycles. The van der Waals surface area contributed by atoms with E-state index >= 15 is 0 Å². The second-order valence-electron chi connectivity index (χ2n) is 4.83. The molecule has 0 bridgehead atoms. The Labute approximate surface area is 96.3 Å². The molecule has 2 atom stereocenters. The molecule has 2 unspecified atom stereocenters. The van der Waals surface area contributed by atoms with Gasteiger partial charge in [-0.2, -0.15) is 0 Å². The molecule has 1 heterocycles. The first kappa shape index (κ1) is 9.88. The van der Waals surface area contributed by atoms with E-state index in [4.69, 9.17) is 0 Å². The molecule has 16 heavy (non-hydrogen) atoms. The Hall–Kier alpha value is -1.31. The minimum Gasteiger partial charge on any atom is -0.368 e. The van der Waals surface area contributed by atoms with Gasteiger partial charge >= 0.3 is 0 Å². The highest BCUT2D eigenvalue weighted by Gasteiger charge is 2.40. The van der Waals surface area contributed by atoms with Gasteiger partial charge < -0.3 is 4.90 Å². The van der Waals surface area contributed by atoms with Gasteiger partial charge in [0.2, 0.25) is 0 Å². The molecule has 0 spiro atoms. The molecule has 84 valence electrons. The van der Waals surface area contributed by atoms with Gasteiger partial charge in [0.1, 0.15) is 6.29 Å². The predicted octanol–water partition coefficient (Wildman–Crippen LogP) is 2.98. The maximum atomic E-state index is 10.8. The Morgan fingerprint density at radius 1 is 1.44 bits per heavy atom.